The van der Waals surface area contributed by atoms with E-state index in [4.69, 9.17) is 14.7 Å². The van der Waals surface area contributed by atoms with Crippen molar-refractivity contribution in [1.29, 1.82) is 5.26 Å². The molecule has 124 valence electrons. The minimum Gasteiger partial charge on any atom is -0.476 e. The van der Waals surface area contributed by atoms with E-state index in [0.29, 0.717) is 18.7 Å². The van der Waals surface area contributed by atoms with Crippen LogP contribution in [0.1, 0.15) is 24.5 Å². The number of ether oxygens (including phenoxy) is 2. The van der Waals surface area contributed by atoms with Gasteiger partial charge in [-0.3, -0.25) is 0 Å². The van der Waals surface area contributed by atoms with Gasteiger partial charge in [0.2, 0.25) is 0 Å². The van der Waals surface area contributed by atoms with E-state index < -0.39 is 12.2 Å². The summed E-state index contributed by atoms with van der Waals surface area (Å²) in [6.07, 6.45) is -0.331. The summed E-state index contributed by atoms with van der Waals surface area (Å²) in [6.45, 7) is 2.45. The molecule has 1 atom stereocenters. The molecule has 5 nitrogen and oxygen atoms in total. The van der Waals surface area contributed by atoms with E-state index in [1.807, 2.05) is 49.4 Å². The van der Waals surface area contributed by atoms with Crippen LogP contribution in [0.25, 0.3) is 0 Å². The van der Waals surface area contributed by atoms with E-state index in [9.17, 15) is 4.79 Å². The van der Waals surface area contributed by atoms with Crippen LogP contribution in [0.5, 0.6) is 5.75 Å². The number of nitrogens with zero attached hydrogens (tertiary/aromatic N) is 1. The standard InChI is InChI=1S/C19H20N2O3/c1-2-17(12-20)24-18-10-6-9-16(11-18)13-21-19(22)23-14-15-7-4-3-5-8-15/h3-11,17H,2,13-14H2,1H3,(H,21,22). The van der Waals surface area contributed by atoms with Crippen LogP contribution in [0.4, 0.5) is 4.79 Å². The zero-order chi connectivity index (χ0) is 17.2. The molecule has 0 saturated carbocycles. The van der Waals surface area contributed by atoms with Crippen molar-refractivity contribution in [3.8, 4) is 11.8 Å². The summed E-state index contributed by atoms with van der Waals surface area (Å²) in [7, 11) is 0. The number of amides is 1. The molecule has 0 spiro atoms. The van der Waals surface area contributed by atoms with Gasteiger partial charge in [0.25, 0.3) is 0 Å². The largest absolute Gasteiger partial charge is 0.476 e. The highest BCUT2D eigenvalue weighted by Crippen LogP contribution is 2.15. The average Bonchev–Trinajstić information content (AvgIpc) is 2.64. The Morgan fingerprint density at radius 3 is 2.62 bits per heavy atom. The zero-order valence-electron chi connectivity index (χ0n) is 13.6. The summed E-state index contributed by atoms with van der Waals surface area (Å²) in [5, 5.41) is 11.6. The number of nitrogens with one attached hydrogen (secondary N) is 1. The van der Waals surface area contributed by atoms with E-state index in [-0.39, 0.29) is 6.61 Å². The molecule has 0 heterocycles. The molecule has 24 heavy (non-hydrogen) atoms. The molecule has 0 aliphatic rings. The summed E-state index contributed by atoms with van der Waals surface area (Å²) in [6, 6.07) is 18.9. The van der Waals surface area contributed by atoms with Crippen molar-refractivity contribution in [3.05, 3.63) is 65.7 Å². The first kappa shape index (κ1) is 17.4. The molecule has 0 fully saturated rings. The van der Waals surface area contributed by atoms with Gasteiger partial charge in [0.1, 0.15) is 18.4 Å². The van der Waals surface area contributed by atoms with Crippen LogP contribution in [0, 0.1) is 11.3 Å². The third kappa shape index (κ3) is 5.65. The molecule has 0 aliphatic heterocycles. The van der Waals surface area contributed by atoms with Crippen molar-refractivity contribution in [3.63, 3.8) is 0 Å². The lowest BCUT2D eigenvalue weighted by Crippen LogP contribution is -2.23. The average molecular weight is 324 g/mol. The Labute approximate surface area is 141 Å². The minimum absolute atomic E-state index is 0.232. The number of hydrogen-bond acceptors (Lipinski definition) is 4. The van der Waals surface area contributed by atoms with Gasteiger partial charge < -0.3 is 14.8 Å². The molecular formula is C19H20N2O3. The zero-order valence-corrected chi connectivity index (χ0v) is 13.6. The number of rotatable bonds is 7. The lowest BCUT2D eigenvalue weighted by atomic mass is 10.2. The van der Waals surface area contributed by atoms with Crippen LogP contribution in [-0.2, 0) is 17.9 Å². The lowest BCUT2D eigenvalue weighted by molar-refractivity contribution is 0.139. The Bertz CT molecular complexity index is 695. The molecule has 2 rings (SSSR count). The normalized spacial score (nSPS) is 11.2. The predicted octanol–water partition coefficient (Wildman–Crippen LogP) is 3.79. The maximum absolute atomic E-state index is 11.7. The lowest BCUT2D eigenvalue weighted by Gasteiger charge is -2.12. The summed E-state index contributed by atoms with van der Waals surface area (Å²) >= 11 is 0. The number of carbonyl (C=O) groups is 1. The first-order chi connectivity index (χ1) is 11.7. The molecule has 2 aromatic rings. The van der Waals surface area contributed by atoms with Gasteiger partial charge in [-0.25, -0.2) is 4.79 Å². The molecular weight excluding hydrogens is 304 g/mol. The number of benzene rings is 2. The van der Waals surface area contributed by atoms with Gasteiger partial charge in [-0.1, -0.05) is 49.4 Å². The third-order valence-electron chi connectivity index (χ3n) is 3.34. The molecule has 5 heteroatoms. The highest BCUT2D eigenvalue weighted by Gasteiger charge is 2.07. The van der Waals surface area contributed by atoms with Gasteiger partial charge >= 0.3 is 6.09 Å². The molecule has 0 aromatic heterocycles. The second-order valence-corrected chi connectivity index (χ2v) is 5.21. The topological polar surface area (TPSA) is 71.3 Å². The van der Waals surface area contributed by atoms with Gasteiger partial charge in [0.15, 0.2) is 6.10 Å². The maximum Gasteiger partial charge on any atom is 0.407 e. The minimum atomic E-state index is -0.478. The molecule has 0 bridgehead atoms. The monoisotopic (exact) mass is 324 g/mol. The first-order valence-electron chi connectivity index (χ1n) is 7.81. The summed E-state index contributed by atoms with van der Waals surface area (Å²) in [5.41, 5.74) is 1.81. The van der Waals surface area contributed by atoms with Gasteiger partial charge in [-0.2, -0.15) is 5.26 Å². The van der Waals surface area contributed by atoms with Gasteiger partial charge in [0.05, 0.1) is 0 Å². The number of hydrogen-bond donors (Lipinski definition) is 1. The van der Waals surface area contributed by atoms with Crippen molar-refractivity contribution in [2.24, 2.45) is 0 Å². The Kier molecular flexibility index (Phi) is 6.66. The highest BCUT2D eigenvalue weighted by molar-refractivity contribution is 5.67. The third-order valence-corrected chi connectivity index (χ3v) is 3.34. The fraction of sp³-hybridized carbons (Fsp3) is 0.263. The number of carbonyl (C=O) groups excluding carboxylic acids is 1. The van der Waals surface area contributed by atoms with E-state index in [1.54, 1.807) is 12.1 Å². The summed E-state index contributed by atoms with van der Waals surface area (Å²) < 4.78 is 10.7. The van der Waals surface area contributed by atoms with E-state index in [0.717, 1.165) is 11.1 Å². The predicted molar refractivity (Wildman–Crippen MR) is 90.2 cm³/mol. The molecule has 0 aliphatic carbocycles. The fourth-order valence-electron chi connectivity index (χ4n) is 2.04. The van der Waals surface area contributed by atoms with E-state index in [2.05, 4.69) is 11.4 Å². The number of alkyl carbamates (subject to hydrolysis) is 1. The van der Waals surface area contributed by atoms with Gasteiger partial charge in [0, 0.05) is 6.54 Å². The van der Waals surface area contributed by atoms with Gasteiger partial charge in [-0.05, 0) is 29.7 Å². The number of nitriles is 1. The van der Waals surface area contributed by atoms with Gasteiger partial charge in [-0.15, -0.1) is 0 Å². The second-order valence-electron chi connectivity index (χ2n) is 5.21. The Morgan fingerprint density at radius 2 is 1.92 bits per heavy atom. The van der Waals surface area contributed by atoms with E-state index >= 15 is 0 Å². The van der Waals surface area contributed by atoms with Crippen molar-refractivity contribution in [2.75, 3.05) is 0 Å². The Hall–Kier alpha value is -3.00. The summed E-state index contributed by atoms with van der Waals surface area (Å²) in [5.74, 6) is 0.611. The smallest absolute Gasteiger partial charge is 0.407 e. The Morgan fingerprint density at radius 1 is 1.17 bits per heavy atom. The molecule has 0 saturated heterocycles. The Balaban J connectivity index is 1.81. The molecule has 1 unspecified atom stereocenters. The van der Waals surface area contributed by atoms with Crippen molar-refractivity contribution >= 4 is 6.09 Å². The second kappa shape index (κ2) is 9.21. The molecule has 0 radical (unpaired) electrons. The van der Waals surface area contributed by atoms with Crippen LogP contribution in [0.15, 0.2) is 54.6 Å². The van der Waals surface area contributed by atoms with Crippen LogP contribution >= 0.6 is 0 Å². The van der Waals surface area contributed by atoms with Crippen molar-refractivity contribution in [2.45, 2.75) is 32.6 Å². The van der Waals surface area contributed by atoms with Crippen molar-refractivity contribution in [1.82, 2.24) is 5.32 Å². The highest BCUT2D eigenvalue weighted by atomic mass is 16.5. The quantitative estimate of drug-likeness (QED) is 0.841. The van der Waals surface area contributed by atoms with Crippen LogP contribution in [-0.4, -0.2) is 12.2 Å². The summed E-state index contributed by atoms with van der Waals surface area (Å²) in [4.78, 5) is 11.7. The van der Waals surface area contributed by atoms with Crippen LogP contribution in [0.3, 0.4) is 0 Å². The first-order valence-corrected chi connectivity index (χ1v) is 7.81. The molecule has 1 N–H and O–H groups in total. The van der Waals surface area contributed by atoms with Crippen LogP contribution in [0.2, 0.25) is 0 Å². The molecule has 2 aromatic carbocycles. The SMILES string of the molecule is CCC(C#N)Oc1cccc(CNC(=O)OCc2ccccc2)c1. The van der Waals surface area contributed by atoms with Crippen molar-refractivity contribution < 1.29 is 14.3 Å². The maximum atomic E-state index is 11.7. The van der Waals surface area contributed by atoms with E-state index in [1.165, 1.54) is 0 Å². The fourth-order valence-corrected chi connectivity index (χ4v) is 2.04. The van der Waals surface area contributed by atoms with Crippen LogP contribution < -0.4 is 10.1 Å². The molecule has 1 amide bonds.